The Hall–Kier alpha value is -2.63. The molecule has 1 aliphatic rings. The Morgan fingerprint density at radius 2 is 1.95 bits per heavy atom. The van der Waals surface area contributed by atoms with Crippen LogP contribution < -0.4 is 5.56 Å². The number of ether oxygens (including phenoxy) is 1. The number of hydrogen-bond acceptors (Lipinski definition) is 4. The lowest BCUT2D eigenvalue weighted by Crippen LogP contribution is -2.27. The van der Waals surface area contributed by atoms with Gasteiger partial charge in [0.2, 0.25) is 5.78 Å². The van der Waals surface area contributed by atoms with E-state index in [9.17, 15) is 9.59 Å². The van der Waals surface area contributed by atoms with Crippen LogP contribution in [0.4, 0.5) is 0 Å². The summed E-state index contributed by atoms with van der Waals surface area (Å²) in [7, 11) is 0. The van der Waals surface area contributed by atoms with Crippen LogP contribution >= 0.6 is 0 Å². The number of rotatable bonds is 2. The number of aromatic amines is 1. The summed E-state index contributed by atoms with van der Waals surface area (Å²) in [6, 6.07) is 7.35. The van der Waals surface area contributed by atoms with Gasteiger partial charge in [-0.05, 0) is 25.0 Å². The summed E-state index contributed by atoms with van der Waals surface area (Å²) in [5.41, 5.74) is 0.915. The summed E-state index contributed by atoms with van der Waals surface area (Å²) in [5, 5.41) is 0. The molecule has 0 spiro atoms. The van der Waals surface area contributed by atoms with E-state index in [1.807, 2.05) is 38.1 Å². The van der Waals surface area contributed by atoms with Crippen molar-refractivity contribution in [3.05, 3.63) is 45.9 Å². The molecule has 4 rings (SSSR count). The maximum atomic E-state index is 12.8. The van der Waals surface area contributed by atoms with Crippen LogP contribution in [0, 0.1) is 0 Å². The first kappa shape index (κ1) is 13.1. The average Bonchev–Trinajstić information content (AvgIpc) is 3.03. The van der Waals surface area contributed by atoms with Crippen LogP contribution in [0.1, 0.15) is 42.7 Å². The lowest BCUT2D eigenvalue weighted by Gasteiger charge is -2.25. The first-order valence-corrected chi connectivity index (χ1v) is 7.38. The quantitative estimate of drug-likeness (QED) is 0.737. The van der Waals surface area contributed by atoms with Gasteiger partial charge in [-0.3, -0.25) is 4.79 Å². The van der Waals surface area contributed by atoms with Gasteiger partial charge in [-0.25, -0.2) is 14.2 Å². The summed E-state index contributed by atoms with van der Waals surface area (Å²) < 4.78 is 6.98. The molecule has 0 saturated heterocycles. The highest BCUT2D eigenvalue weighted by atomic mass is 16.6. The van der Waals surface area contributed by atoms with Gasteiger partial charge in [0.25, 0.3) is 5.56 Å². The molecule has 0 amide bonds. The molecular formula is C16H15N3O3. The summed E-state index contributed by atoms with van der Waals surface area (Å²) in [4.78, 5) is 32.7. The zero-order valence-electron chi connectivity index (χ0n) is 12.3. The number of imidazole rings is 1. The van der Waals surface area contributed by atoms with Crippen LogP contribution in [0.3, 0.4) is 0 Å². The normalized spacial score (nSPS) is 16.2. The number of fused-ring (bicyclic) bond motifs is 4. The van der Waals surface area contributed by atoms with E-state index in [-0.39, 0.29) is 11.1 Å². The number of cyclic esters (lactones) is 1. The summed E-state index contributed by atoms with van der Waals surface area (Å²) in [6.07, 6.45) is 1.21. The van der Waals surface area contributed by atoms with Crippen molar-refractivity contribution in [3.63, 3.8) is 0 Å². The molecule has 0 radical (unpaired) electrons. The Bertz CT molecular complexity index is 979. The number of benzene rings is 1. The van der Waals surface area contributed by atoms with Crippen molar-refractivity contribution in [2.24, 2.45) is 0 Å². The Balaban J connectivity index is 2.18. The molecule has 2 aromatic heterocycles. The fraction of sp³-hybridized carbons (Fsp3) is 0.312. The highest BCUT2D eigenvalue weighted by Crippen LogP contribution is 2.39. The van der Waals surface area contributed by atoms with Crippen LogP contribution in [-0.4, -0.2) is 20.3 Å². The van der Waals surface area contributed by atoms with Gasteiger partial charge in [-0.2, -0.15) is 0 Å². The highest BCUT2D eigenvalue weighted by molar-refractivity contribution is 5.94. The smallest absolute Gasteiger partial charge is 0.346 e. The molecule has 0 bridgehead atoms. The number of carbonyl (C=O) groups is 1. The van der Waals surface area contributed by atoms with Crippen LogP contribution in [0.25, 0.3) is 16.8 Å². The number of hydrogen-bond donors (Lipinski definition) is 1. The van der Waals surface area contributed by atoms with E-state index >= 15 is 0 Å². The lowest BCUT2D eigenvalue weighted by molar-refractivity contribution is -0.0142. The van der Waals surface area contributed by atoms with Gasteiger partial charge in [0.15, 0.2) is 5.60 Å². The number of esters is 1. The molecule has 22 heavy (non-hydrogen) atoms. The predicted molar refractivity (Wildman–Crippen MR) is 81.0 cm³/mol. The minimum Gasteiger partial charge on any atom is -0.449 e. The van der Waals surface area contributed by atoms with Crippen LogP contribution in [-0.2, 0) is 10.3 Å². The molecule has 1 aromatic carbocycles. The van der Waals surface area contributed by atoms with E-state index in [0.29, 0.717) is 35.3 Å². The standard InChI is InChI=1S/C16H15N3O3/c1-3-16(4-2)12-11(14(21)22-16)13(20)19-10-8-6-5-7-9(10)17-15(19)18-12/h5-8H,3-4H2,1-2H3,(H,17,18). The van der Waals surface area contributed by atoms with E-state index < -0.39 is 11.6 Å². The van der Waals surface area contributed by atoms with Gasteiger partial charge in [-0.15, -0.1) is 0 Å². The molecule has 0 fully saturated rings. The van der Waals surface area contributed by atoms with E-state index in [2.05, 4.69) is 9.97 Å². The molecule has 0 saturated carbocycles. The molecule has 1 N–H and O–H groups in total. The SMILES string of the molecule is CCC1(CC)OC(=O)c2c1[nH]c1nc3ccccc3n1c2=O. The second-order valence-corrected chi connectivity index (χ2v) is 5.53. The second-order valence-electron chi connectivity index (χ2n) is 5.53. The third-order valence-electron chi connectivity index (χ3n) is 4.55. The van der Waals surface area contributed by atoms with Crippen LogP contribution in [0.5, 0.6) is 0 Å². The topological polar surface area (TPSA) is 76.5 Å². The summed E-state index contributed by atoms with van der Waals surface area (Å²) >= 11 is 0. The number of carbonyl (C=O) groups excluding carboxylic acids is 1. The average molecular weight is 297 g/mol. The summed E-state index contributed by atoms with van der Waals surface area (Å²) in [5.74, 6) is -0.117. The monoisotopic (exact) mass is 297 g/mol. The molecular weight excluding hydrogens is 282 g/mol. The van der Waals surface area contributed by atoms with Crippen molar-refractivity contribution < 1.29 is 9.53 Å². The van der Waals surface area contributed by atoms with Crippen molar-refractivity contribution in [3.8, 4) is 0 Å². The number of H-pyrrole nitrogens is 1. The first-order chi connectivity index (χ1) is 10.6. The van der Waals surface area contributed by atoms with Crippen molar-refractivity contribution in [2.75, 3.05) is 0 Å². The van der Waals surface area contributed by atoms with Crippen molar-refractivity contribution in [1.29, 1.82) is 0 Å². The number of nitrogens with one attached hydrogen (secondary N) is 1. The Kier molecular flexibility index (Phi) is 2.49. The van der Waals surface area contributed by atoms with Gasteiger partial charge in [-0.1, -0.05) is 26.0 Å². The fourth-order valence-corrected chi connectivity index (χ4v) is 3.27. The Labute approximate surface area is 125 Å². The number of aromatic nitrogens is 3. The zero-order valence-corrected chi connectivity index (χ0v) is 12.3. The first-order valence-electron chi connectivity index (χ1n) is 7.38. The molecule has 0 atom stereocenters. The van der Waals surface area contributed by atoms with E-state index in [1.165, 1.54) is 4.40 Å². The molecule has 3 aromatic rings. The fourth-order valence-electron chi connectivity index (χ4n) is 3.27. The van der Waals surface area contributed by atoms with Gasteiger partial charge in [0.1, 0.15) is 5.56 Å². The molecule has 3 heterocycles. The molecule has 6 nitrogen and oxygen atoms in total. The molecule has 6 heteroatoms. The maximum Gasteiger partial charge on any atom is 0.346 e. The zero-order chi connectivity index (χ0) is 15.5. The van der Waals surface area contributed by atoms with Crippen LogP contribution in [0.2, 0.25) is 0 Å². The third kappa shape index (κ3) is 1.41. The second kappa shape index (κ2) is 4.19. The number of nitrogens with zero attached hydrogens (tertiary/aromatic N) is 2. The van der Waals surface area contributed by atoms with E-state index in [1.54, 1.807) is 0 Å². The minimum absolute atomic E-state index is 0.0966. The lowest BCUT2D eigenvalue weighted by atomic mass is 9.92. The third-order valence-corrected chi connectivity index (χ3v) is 4.55. The summed E-state index contributed by atoms with van der Waals surface area (Å²) in [6.45, 7) is 3.88. The van der Waals surface area contributed by atoms with Gasteiger partial charge < -0.3 is 9.72 Å². The van der Waals surface area contributed by atoms with Crippen LogP contribution in [0.15, 0.2) is 29.1 Å². The largest absolute Gasteiger partial charge is 0.449 e. The van der Waals surface area contributed by atoms with E-state index in [0.717, 1.165) is 0 Å². The molecule has 0 aliphatic carbocycles. The van der Waals surface area contributed by atoms with Crippen molar-refractivity contribution >= 4 is 22.8 Å². The number of para-hydroxylation sites is 2. The Morgan fingerprint density at radius 1 is 1.23 bits per heavy atom. The van der Waals surface area contributed by atoms with Gasteiger partial charge >= 0.3 is 5.97 Å². The highest BCUT2D eigenvalue weighted by Gasteiger charge is 2.46. The van der Waals surface area contributed by atoms with Gasteiger partial charge in [0, 0.05) is 0 Å². The maximum absolute atomic E-state index is 12.8. The van der Waals surface area contributed by atoms with Crippen molar-refractivity contribution in [2.45, 2.75) is 32.3 Å². The van der Waals surface area contributed by atoms with Crippen molar-refractivity contribution in [1.82, 2.24) is 14.4 Å². The van der Waals surface area contributed by atoms with E-state index in [4.69, 9.17) is 4.74 Å². The molecule has 0 unspecified atom stereocenters. The Morgan fingerprint density at radius 3 is 2.68 bits per heavy atom. The molecule has 1 aliphatic heterocycles. The predicted octanol–water partition coefficient (Wildman–Crippen LogP) is 2.36. The molecule has 112 valence electrons. The minimum atomic E-state index is -0.758. The van der Waals surface area contributed by atoms with Gasteiger partial charge in [0.05, 0.1) is 16.7 Å².